The van der Waals surface area contributed by atoms with Gasteiger partial charge in [0.05, 0.1) is 0 Å². The number of amides is 2. The van der Waals surface area contributed by atoms with Gasteiger partial charge in [-0.3, -0.25) is 19.5 Å². The van der Waals surface area contributed by atoms with Crippen LogP contribution >= 0.6 is 0 Å². The molecule has 0 radical (unpaired) electrons. The van der Waals surface area contributed by atoms with Gasteiger partial charge in [-0.05, 0) is 38.9 Å². The van der Waals surface area contributed by atoms with Crippen molar-refractivity contribution in [3.05, 3.63) is 47.9 Å². The lowest BCUT2D eigenvalue weighted by Crippen LogP contribution is -2.43. The highest BCUT2D eigenvalue weighted by Gasteiger charge is 2.32. The number of hydrogen-bond acceptors (Lipinski definition) is 6. The SMILES string of the molecule is Cc1ocnc1C(=O)NC[C@@H]1CC[C@H](CC(=O)N(C)CCc2ccccn2)N1C. The lowest BCUT2D eigenvalue weighted by molar-refractivity contribution is -0.131. The molecule has 0 aromatic carbocycles. The summed E-state index contributed by atoms with van der Waals surface area (Å²) in [4.78, 5) is 37.1. The van der Waals surface area contributed by atoms with Gasteiger partial charge in [0.25, 0.3) is 5.91 Å². The fourth-order valence-electron chi connectivity index (χ4n) is 3.71. The molecule has 0 unspecified atom stereocenters. The van der Waals surface area contributed by atoms with Crippen LogP contribution in [-0.2, 0) is 11.2 Å². The van der Waals surface area contributed by atoms with Gasteiger partial charge in [-0.2, -0.15) is 0 Å². The molecule has 8 heteroatoms. The van der Waals surface area contributed by atoms with Crippen molar-refractivity contribution in [1.29, 1.82) is 0 Å². The Labute approximate surface area is 171 Å². The Morgan fingerprint density at radius 3 is 2.76 bits per heavy atom. The number of hydrogen-bond donors (Lipinski definition) is 1. The van der Waals surface area contributed by atoms with E-state index in [1.165, 1.54) is 6.39 Å². The average molecular weight is 399 g/mol. The number of aromatic nitrogens is 2. The minimum absolute atomic E-state index is 0.140. The molecule has 3 rings (SSSR count). The minimum atomic E-state index is -0.224. The summed E-state index contributed by atoms with van der Waals surface area (Å²) >= 11 is 0. The molecule has 1 aliphatic heterocycles. The number of oxazole rings is 1. The Kier molecular flexibility index (Phi) is 6.98. The van der Waals surface area contributed by atoms with Crippen molar-refractivity contribution in [2.24, 2.45) is 0 Å². The molecule has 29 heavy (non-hydrogen) atoms. The number of rotatable bonds is 8. The van der Waals surface area contributed by atoms with E-state index in [1.807, 2.05) is 32.3 Å². The van der Waals surface area contributed by atoms with Crippen LogP contribution in [0.3, 0.4) is 0 Å². The standard InChI is InChI=1S/C21H29N5O3/c1-15-20(24-14-29-15)21(28)23-13-18-8-7-17(26(18)3)12-19(27)25(2)11-9-16-6-4-5-10-22-16/h4-6,10,14,17-18H,7-9,11-13H2,1-3H3,(H,23,28)/t17-,18+/m1/s1. The first kappa shape index (κ1) is 21.0. The molecule has 1 aliphatic rings. The van der Waals surface area contributed by atoms with E-state index >= 15 is 0 Å². The fraction of sp³-hybridized carbons (Fsp3) is 0.524. The van der Waals surface area contributed by atoms with Crippen molar-refractivity contribution in [2.75, 3.05) is 27.2 Å². The largest absolute Gasteiger partial charge is 0.448 e. The number of carbonyl (C=O) groups is 2. The minimum Gasteiger partial charge on any atom is -0.448 e. The lowest BCUT2D eigenvalue weighted by atomic mass is 10.1. The normalized spacial score (nSPS) is 19.3. The van der Waals surface area contributed by atoms with Crippen molar-refractivity contribution in [3.63, 3.8) is 0 Å². The number of nitrogens with zero attached hydrogens (tertiary/aromatic N) is 4. The van der Waals surface area contributed by atoms with E-state index in [0.717, 1.165) is 25.0 Å². The molecule has 2 atom stereocenters. The predicted octanol–water partition coefficient (Wildman–Crippen LogP) is 1.66. The van der Waals surface area contributed by atoms with Gasteiger partial charge < -0.3 is 14.6 Å². The van der Waals surface area contributed by atoms with Gasteiger partial charge in [-0.1, -0.05) is 6.07 Å². The molecule has 3 heterocycles. The van der Waals surface area contributed by atoms with Gasteiger partial charge in [0.1, 0.15) is 5.76 Å². The first-order valence-electron chi connectivity index (χ1n) is 9.99. The molecule has 1 fully saturated rings. The third kappa shape index (κ3) is 5.41. The van der Waals surface area contributed by atoms with E-state index in [0.29, 0.717) is 31.0 Å². The smallest absolute Gasteiger partial charge is 0.273 e. The van der Waals surface area contributed by atoms with Crippen LogP contribution in [-0.4, -0.2) is 70.9 Å². The Morgan fingerprint density at radius 2 is 2.07 bits per heavy atom. The van der Waals surface area contributed by atoms with Gasteiger partial charge in [0, 0.05) is 57.0 Å². The summed E-state index contributed by atoms with van der Waals surface area (Å²) in [7, 11) is 3.87. The van der Waals surface area contributed by atoms with E-state index in [1.54, 1.807) is 18.0 Å². The van der Waals surface area contributed by atoms with Crippen molar-refractivity contribution in [1.82, 2.24) is 25.1 Å². The maximum Gasteiger partial charge on any atom is 0.273 e. The van der Waals surface area contributed by atoms with Gasteiger partial charge in [0.2, 0.25) is 5.91 Å². The third-order valence-corrected chi connectivity index (χ3v) is 5.71. The Balaban J connectivity index is 1.43. The predicted molar refractivity (Wildman–Crippen MR) is 108 cm³/mol. The Bertz CT molecular complexity index is 823. The second kappa shape index (κ2) is 9.65. The molecule has 0 bridgehead atoms. The summed E-state index contributed by atoms with van der Waals surface area (Å²) in [6.07, 6.45) is 6.18. The second-order valence-electron chi connectivity index (χ2n) is 7.61. The van der Waals surface area contributed by atoms with Crippen LogP contribution in [0.25, 0.3) is 0 Å². The number of likely N-dealkylation sites (N-methyl/N-ethyl adjacent to an activating group) is 2. The maximum absolute atomic E-state index is 12.6. The van der Waals surface area contributed by atoms with Gasteiger partial charge in [-0.25, -0.2) is 4.98 Å². The number of aryl methyl sites for hydroxylation is 1. The fourth-order valence-corrected chi connectivity index (χ4v) is 3.71. The highest BCUT2D eigenvalue weighted by molar-refractivity contribution is 5.93. The quantitative estimate of drug-likeness (QED) is 0.726. The van der Waals surface area contributed by atoms with E-state index in [9.17, 15) is 9.59 Å². The molecule has 0 spiro atoms. The topological polar surface area (TPSA) is 91.6 Å². The van der Waals surface area contributed by atoms with Crippen LogP contribution in [0.1, 0.15) is 41.2 Å². The van der Waals surface area contributed by atoms with Gasteiger partial charge in [0.15, 0.2) is 12.1 Å². The summed E-state index contributed by atoms with van der Waals surface area (Å²) in [5, 5.41) is 2.93. The molecular weight excluding hydrogens is 370 g/mol. The highest BCUT2D eigenvalue weighted by atomic mass is 16.3. The zero-order valence-corrected chi connectivity index (χ0v) is 17.3. The summed E-state index contributed by atoms with van der Waals surface area (Å²) < 4.78 is 5.08. The summed E-state index contributed by atoms with van der Waals surface area (Å²) in [5.41, 5.74) is 1.31. The van der Waals surface area contributed by atoms with E-state index in [2.05, 4.69) is 20.2 Å². The Morgan fingerprint density at radius 1 is 1.28 bits per heavy atom. The van der Waals surface area contributed by atoms with Crippen molar-refractivity contribution >= 4 is 11.8 Å². The lowest BCUT2D eigenvalue weighted by Gasteiger charge is -2.27. The number of likely N-dealkylation sites (tertiary alicyclic amines) is 1. The molecule has 0 aliphatic carbocycles. The van der Waals surface area contributed by atoms with Crippen LogP contribution in [0.15, 0.2) is 35.2 Å². The first-order valence-corrected chi connectivity index (χ1v) is 9.99. The van der Waals surface area contributed by atoms with Crippen molar-refractivity contribution < 1.29 is 14.0 Å². The van der Waals surface area contributed by atoms with E-state index in [4.69, 9.17) is 4.42 Å². The van der Waals surface area contributed by atoms with Crippen LogP contribution in [0, 0.1) is 6.92 Å². The molecule has 156 valence electrons. The van der Waals surface area contributed by atoms with E-state index in [-0.39, 0.29) is 23.9 Å². The zero-order valence-electron chi connectivity index (χ0n) is 17.3. The van der Waals surface area contributed by atoms with Gasteiger partial charge in [-0.15, -0.1) is 0 Å². The molecule has 0 saturated carbocycles. The number of nitrogens with one attached hydrogen (secondary N) is 1. The monoisotopic (exact) mass is 399 g/mol. The van der Waals surface area contributed by atoms with Crippen molar-refractivity contribution in [3.8, 4) is 0 Å². The zero-order chi connectivity index (χ0) is 20.8. The second-order valence-corrected chi connectivity index (χ2v) is 7.61. The first-order chi connectivity index (χ1) is 14.0. The number of pyridine rings is 1. The number of carbonyl (C=O) groups excluding carboxylic acids is 2. The van der Waals surface area contributed by atoms with Crippen LogP contribution in [0.5, 0.6) is 0 Å². The maximum atomic E-state index is 12.6. The molecule has 2 amide bonds. The molecular formula is C21H29N5O3. The molecule has 1 saturated heterocycles. The van der Waals surface area contributed by atoms with Crippen LogP contribution in [0.2, 0.25) is 0 Å². The molecule has 8 nitrogen and oxygen atoms in total. The Hall–Kier alpha value is -2.74. The van der Waals surface area contributed by atoms with Crippen LogP contribution in [0.4, 0.5) is 0 Å². The molecule has 2 aromatic heterocycles. The van der Waals surface area contributed by atoms with Gasteiger partial charge >= 0.3 is 0 Å². The summed E-state index contributed by atoms with van der Waals surface area (Å²) in [6.45, 7) is 2.90. The third-order valence-electron chi connectivity index (χ3n) is 5.71. The van der Waals surface area contributed by atoms with Crippen LogP contribution < -0.4 is 5.32 Å². The summed E-state index contributed by atoms with van der Waals surface area (Å²) in [5.74, 6) is 0.429. The van der Waals surface area contributed by atoms with E-state index < -0.39 is 0 Å². The highest BCUT2D eigenvalue weighted by Crippen LogP contribution is 2.24. The molecule has 2 aromatic rings. The van der Waals surface area contributed by atoms with Crippen molar-refractivity contribution in [2.45, 2.75) is 44.7 Å². The average Bonchev–Trinajstić information content (AvgIpc) is 3.31. The molecule has 1 N–H and O–H groups in total. The summed E-state index contributed by atoms with van der Waals surface area (Å²) in [6, 6.07) is 6.22.